The van der Waals surface area contributed by atoms with E-state index < -0.39 is 10.0 Å². The summed E-state index contributed by atoms with van der Waals surface area (Å²) in [6.45, 7) is 2.39. The van der Waals surface area contributed by atoms with Crippen molar-refractivity contribution in [1.29, 1.82) is 0 Å². The van der Waals surface area contributed by atoms with Crippen LogP contribution in [0.1, 0.15) is 11.1 Å². The van der Waals surface area contributed by atoms with Gasteiger partial charge in [0.25, 0.3) is 10.0 Å². The summed E-state index contributed by atoms with van der Waals surface area (Å²) in [5.74, 6) is 1.54. The Morgan fingerprint density at radius 2 is 1.57 bits per heavy atom. The molecule has 0 aliphatic heterocycles. The van der Waals surface area contributed by atoms with Crippen LogP contribution in [0, 0.1) is 6.92 Å². The zero-order chi connectivity index (χ0) is 25.6. The minimum Gasteiger partial charge on any atom is -0.497 e. The predicted octanol–water partition coefficient (Wildman–Crippen LogP) is 6.26. The monoisotopic (exact) mass is 507 g/mol. The lowest BCUT2D eigenvalue weighted by molar-refractivity contribution is 0.415. The highest BCUT2D eigenvalue weighted by Gasteiger charge is 2.22. The Morgan fingerprint density at radius 1 is 0.838 bits per heavy atom. The van der Waals surface area contributed by atoms with Crippen molar-refractivity contribution < 1.29 is 13.2 Å². The third-order valence-corrected chi connectivity index (χ3v) is 8.34. The summed E-state index contributed by atoms with van der Waals surface area (Å²) < 4.78 is 36.3. The van der Waals surface area contributed by atoms with Crippen molar-refractivity contribution in [1.82, 2.24) is 13.5 Å². The molecule has 7 heteroatoms. The van der Waals surface area contributed by atoms with Crippen LogP contribution in [0.3, 0.4) is 0 Å². The van der Waals surface area contributed by atoms with E-state index in [0.717, 1.165) is 44.7 Å². The van der Waals surface area contributed by atoms with Gasteiger partial charge in [0.05, 0.1) is 35.1 Å². The van der Waals surface area contributed by atoms with E-state index in [1.165, 1.54) is 3.97 Å². The Morgan fingerprint density at radius 3 is 2.35 bits per heavy atom. The minimum atomic E-state index is -3.78. The van der Waals surface area contributed by atoms with E-state index >= 15 is 0 Å². The summed E-state index contributed by atoms with van der Waals surface area (Å²) in [5, 5.41) is 0.882. The molecule has 0 aliphatic carbocycles. The third kappa shape index (κ3) is 3.97. The molecule has 2 heterocycles. The van der Waals surface area contributed by atoms with Crippen molar-refractivity contribution in [2.24, 2.45) is 0 Å². The summed E-state index contributed by atoms with van der Waals surface area (Å²) in [6, 6.07) is 30.3. The first-order chi connectivity index (χ1) is 18.0. The maximum absolute atomic E-state index is 13.7. The third-order valence-electron chi connectivity index (χ3n) is 6.65. The highest BCUT2D eigenvalue weighted by molar-refractivity contribution is 7.90. The van der Waals surface area contributed by atoms with E-state index in [4.69, 9.17) is 9.72 Å². The molecule has 184 valence electrons. The fraction of sp³-hybridized carbons (Fsp3) is 0.100. The normalized spacial score (nSPS) is 11.8. The summed E-state index contributed by atoms with van der Waals surface area (Å²) in [7, 11) is -2.13. The zero-order valence-corrected chi connectivity index (χ0v) is 21.3. The van der Waals surface area contributed by atoms with Gasteiger partial charge in [0, 0.05) is 17.1 Å². The fourth-order valence-electron chi connectivity index (χ4n) is 4.76. The van der Waals surface area contributed by atoms with Gasteiger partial charge in [0.15, 0.2) is 0 Å². The second kappa shape index (κ2) is 8.94. The molecule has 6 aromatic rings. The standard InChI is InChI=1S/C30H25N3O3S/c1-21-14-16-25(17-15-21)37(34,35)33-20-23(26-10-3-5-12-28(26)33)19-32-29-13-6-4-11-27(29)31-30(32)22-8-7-9-24(18-22)36-2/h3-18,20H,19H2,1-2H3. The van der Waals surface area contributed by atoms with Crippen molar-refractivity contribution in [3.63, 3.8) is 0 Å². The molecule has 0 atom stereocenters. The molecule has 0 radical (unpaired) electrons. The molecule has 4 aromatic carbocycles. The van der Waals surface area contributed by atoms with Crippen LogP contribution in [-0.4, -0.2) is 29.1 Å². The molecule has 6 rings (SSSR count). The van der Waals surface area contributed by atoms with Crippen LogP contribution in [-0.2, 0) is 16.6 Å². The van der Waals surface area contributed by atoms with Gasteiger partial charge in [0.2, 0.25) is 0 Å². The van der Waals surface area contributed by atoms with Crippen molar-refractivity contribution in [3.8, 4) is 17.1 Å². The van der Waals surface area contributed by atoms with Crippen LogP contribution in [0.4, 0.5) is 0 Å². The van der Waals surface area contributed by atoms with Crippen LogP contribution >= 0.6 is 0 Å². The SMILES string of the molecule is COc1cccc(-c2nc3ccccc3n2Cc2cn(S(=O)(=O)c3ccc(C)cc3)c3ccccc23)c1. The van der Waals surface area contributed by atoms with Crippen LogP contribution in [0.5, 0.6) is 5.75 Å². The van der Waals surface area contributed by atoms with Gasteiger partial charge in [0.1, 0.15) is 11.6 Å². The predicted molar refractivity (Wildman–Crippen MR) is 147 cm³/mol. The molecule has 0 saturated carbocycles. The molecule has 2 aromatic heterocycles. The number of aryl methyl sites for hydroxylation is 1. The lowest BCUT2D eigenvalue weighted by atomic mass is 10.1. The molecule has 0 saturated heterocycles. The second-order valence-electron chi connectivity index (χ2n) is 9.03. The second-order valence-corrected chi connectivity index (χ2v) is 10.8. The first-order valence-corrected chi connectivity index (χ1v) is 13.4. The number of benzene rings is 4. The Labute approximate surface area is 215 Å². The van der Waals surface area contributed by atoms with E-state index in [9.17, 15) is 8.42 Å². The largest absolute Gasteiger partial charge is 0.497 e. The van der Waals surface area contributed by atoms with Gasteiger partial charge in [-0.15, -0.1) is 0 Å². The number of hydrogen-bond donors (Lipinski definition) is 0. The van der Waals surface area contributed by atoms with E-state index in [1.807, 2.05) is 91.9 Å². The molecule has 0 bridgehead atoms. The molecular formula is C30H25N3O3S. The molecule has 0 N–H and O–H groups in total. The maximum Gasteiger partial charge on any atom is 0.268 e. The molecule has 0 spiro atoms. The Bertz CT molecular complexity index is 1870. The Kier molecular flexibility index (Phi) is 5.57. The van der Waals surface area contributed by atoms with Gasteiger partial charge < -0.3 is 9.30 Å². The molecule has 37 heavy (non-hydrogen) atoms. The summed E-state index contributed by atoms with van der Waals surface area (Å²) in [6.07, 6.45) is 1.74. The number of nitrogens with zero attached hydrogens (tertiary/aromatic N) is 3. The molecule has 0 fully saturated rings. The highest BCUT2D eigenvalue weighted by Crippen LogP contribution is 2.31. The lowest BCUT2D eigenvalue weighted by Crippen LogP contribution is -2.12. The first kappa shape index (κ1) is 23.1. The van der Waals surface area contributed by atoms with Gasteiger partial charge >= 0.3 is 0 Å². The van der Waals surface area contributed by atoms with Crippen LogP contribution in [0.15, 0.2) is 108 Å². The average molecular weight is 508 g/mol. The molecular weight excluding hydrogens is 482 g/mol. The fourth-order valence-corrected chi connectivity index (χ4v) is 6.15. The van der Waals surface area contributed by atoms with Crippen molar-refractivity contribution in [3.05, 3.63) is 114 Å². The minimum absolute atomic E-state index is 0.260. The number of hydrogen-bond acceptors (Lipinski definition) is 4. The number of rotatable bonds is 6. The average Bonchev–Trinajstić information content (AvgIpc) is 3.49. The number of fused-ring (bicyclic) bond motifs is 2. The smallest absolute Gasteiger partial charge is 0.268 e. The number of para-hydroxylation sites is 3. The van der Waals surface area contributed by atoms with E-state index in [2.05, 4.69) is 4.57 Å². The van der Waals surface area contributed by atoms with Crippen molar-refractivity contribution in [2.75, 3.05) is 7.11 Å². The van der Waals surface area contributed by atoms with Gasteiger partial charge in [-0.2, -0.15) is 0 Å². The van der Waals surface area contributed by atoms with Crippen LogP contribution in [0.25, 0.3) is 33.3 Å². The summed E-state index contributed by atoms with van der Waals surface area (Å²) in [5.41, 5.74) is 5.31. The summed E-state index contributed by atoms with van der Waals surface area (Å²) in [4.78, 5) is 5.19. The van der Waals surface area contributed by atoms with Crippen molar-refractivity contribution >= 4 is 32.0 Å². The molecule has 0 amide bonds. The number of aromatic nitrogens is 3. The Balaban J connectivity index is 1.53. The van der Waals surface area contributed by atoms with E-state index in [1.54, 1.807) is 25.4 Å². The van der Waals surface area contributed by atoms with Gasteiger partial charge in [-0.3, -0.25) is 0 Å². The van der Waals surface area contributed by atoms with Crippen LogP contribution in [0.2, 0.25) is 0 Å². The van der Waals surface area contributed by atoms with Gasteiger partial charge in [-0.05, 0) is 55.0 Å². The van der Waals surface area contributed by atoms with Gasteiger partial charge in [-0.25, -0.2) is 17.4 Å². The quantitative estimate of drug-likeness (QED) is 0.267. The number of methoxy groups -OCH3 is 1. The number of imidazole rings is 1. The highest BCUT2D eigenvalue weighted by atomic mass is 32.2. The van der Waals surface area contributed by atoms with Crippen molar-refractivity contribution in [2.45, 2.75) is 18.4 Å². The van der Waals surface area contributed by atoms with E-state index in [-0.39, 0.29) is 4.90 Å². The molecule has 0 aliphatic rings. The lowest BCUT2D eigenvalue weighted by Gasteiger charge is -2.10. The van der Waals surface area contributed by atoms with Crippen LogP contribution < -0.4 is 4.74 Å². The summed E-state index contributed by atoms with van der Waals surface area (Å²) >= 11 is 0. The topological polar surface area (TPSA) is 66.1 Å². The zero-order valence-electron chi connectivity index (χ0n) is 20.5. The maximum atomic E-state index is 13.7. The number of ether oxygens (including phenoxy) is 1. The first-order valence-electron chi connectivity index (χ1n) is 12.0. The van der Waals surface area contributed by atoms with E-state index in [0.29, 0.717) is 12.1 Å². The molecule has 6 nitrogen and oxygen atoms in total. The van der Waals surface area contributed by atoms with Gasteiger partial charge in [-0.1, -0.05) is 60.2 Å². The molecule has 0 unspecified atom stereocenters. The Hall–Kier alpha value is -4.36.